The van der Waals surface area contributed by atoms with Gasteiger partial charge in [0.15, 0.2) is 6.29 Å². The van der Waals surface area contributed by atoms with Crippen molar-refractivity contribution in [3.8, 4) is 0 Å². The lowest BCUT2D eigenvalue weighted by Gasteiger charge is -2.11. The number of nitrogens with zero attached hydrogens (tertiary/aromatic N) is 1. The van der Waals surface area contributed by atoms with E-state index in [0.717, 1.165) is 12.1 Å². The smallest absolute Gasteiger partial charge is 0.305 e. The van der Waals surface area contributed by atoms with Gasteiger partial charge in [-0.05, 0) is 6.07 Å². The number of rotatable bonds is 2. The lowest BCUT2D eigenvalue weighted by atomic mass is 10.2. The second-order valence-electron chi connectivity index (χ2n) is 3.16. The number of nitro groups is 1. The molecule has 0 aromatic heterocycles. The zero-order valence-electron chi connectivity index (χ0n) is 7.98. The van der Waals surface area contributed by atoms with Crippen molar-refractivity contribution in [1.29, 1.82) is 0 Å². The van der Waals surface area contributed by atoms with E-state index in [1.54, 1.807) is 0 Å². The van der Waals surface area contributed by atoms with Crippen LogP contribution >= 0.6 is 15.9 Å². The standard InChI is InChI=1S/C9H7BrFNO4/c10-6-4-7(11)8(12(13)14)3-5(6)9-15-1-2-16-9/h3-4,9H,1-2H2. The zero-order chi connectivity index (χ0) is 11.7. The first-order valence-electron chi connectivity index (χ1n) is 4.46. The van der Waals surface area contributed by atoms with Crippen LogP contribution in [0.1, 0.15) is 11.9 Å². The molecule has 1 aliphatic heterocycles. The van der Waals surface area contributed by atoms with Crippen molar-refractivity contribution in [2.24, 2.45) is 0 Å². The molecule has 5 nitrogen and oxygen atoms in total. The molecule has 7 heteroatoms. The van der Waals surface area contributed by atoms with E-state index in [1.165, 1.54) is 0 Å². The number of nitro benzene ring substituents is 1. The van der Waals surface area contributed by atoms with Crippen molar-refractivity contribution in [3.63, 3.8) is 0 Å². The number of benzene rings is 1. The van der Waals surface area contributed by atoms with Crippen molar-refractivity contribution in [2.45, 2.75) is 6.29 Å². The zero-order valence-corrected chi connectivity index (χ0v) is 9.57. The lowest BCUT2D eigenvalue weighted by Crippen LogP contribution is -2.02. The molecule has 0 saturated carbocycles. The maximum Gasteiger partial charge on any atom is 0.305 e. The van der Waals surface area contributed by atoms with E-state index in [2.05, 4.69) is 15.9 Å². The minimum absolute atomic E-state index is 0.391. The summed E-state index contributed by atoms with van der Waals surface area (Å²) in [4.78, 5) is 9.79. The summed E-state index contributed by atoms with van der Waals surface area (Å²) in [5, 5.41) is 10.6. The topological polar surface area (TPSA) is 61.6 Å². The van der Waals surface area contributed by atoms with Gasteiger partial charge in [-0.25, -0.2) is 0 Å². The van der Waals surface area contributed by atoms with Crippen molar-refractivity contribution in [2.75, 3.05) is 13.2 Å². The van der Waals surface area contributed by atoms with Crippen LogP contribution in [0.3, 0.4) is 0 Å². The van der Waals surface area contributed by atoms with Crippen LogP contribution in [0.2, 0.25) is 0 Å². The van der Waals surface area contributed by atoms with Crippen molar-refractivity contribution < 1.29 is 18.8 Å². The molecule has 1 aromatic rings. The summed E-state index contributed by atoms with van der Waals surface area (Å²) in [5.41, 5.74) is -0.164. The normalized spacial score (nSPS) is 16.6. The molecular formula is C9H7BrFNO4. The Balaban J connectivity index is 2.44. The first kappa shape index (κ1) is 11.4. The molecule has 1 saturated heterocycles. The first-order valence-corrected chi connectivity index (χ1v) is 5.25. The van der Waals surface area contributed by atoms with Crippen molar-refractivity contribution in [3.05, 3.63) is 38.1 Å². The van der Waals surface area contributed by atoms with Gasteiger partial charge in [0.2, 0.25) is 5.82 Å². The third-order valence-electron chi connectivity index (χ3n) is 2.14. The predicted molar refractivity (Wildman–Crippen MR) is 55.4 cm³/mol. The fourth-order valence-electron chi connectivity index (χ4n) is 1.41. The molecule has 86 valence electrons. The number of hydrogen-bond acceptors (Lipinski definition) is 4. The largest absolute Gasteiger partial charge is 0.346 e. The molecule has 0 bridgehead atoms. The average Bonchev–Trinajstić information content (AvgIpc) is 2.70. The highest BCUT2D eigenvalue weighted by atomic mass is 79.9. The summed E-state index contributed by atoms with van der Waals surface area (Å²) in [6, 6.07) is 2.16. The van der Waals surface area contributed by atoms with Gasteiger partial charge in [-0.2, -0.15) is 4.39 Å². The van der Waals surface area contributed by atoms with Gasteiger partial charge < -0.3 is 9.47 Å². The SMILES string of the molecule is O=[N+]([O-])c1cc(C2OCCO2)c(Br)cc1F. The van der Waals surface area contributed by atoms with Crippen LogP contribution in [0.5, 0.6) is 0 Å². The molecule has 1 aliphatic rings. The Hall–Kier alpha value is -1.05. The summed E-state index contributed by atoms with van der Waals surface area (Å²) in [7, 11) is 0. The predicted octanol–water partition coefficient (Wildman–Crippen LogP) is 2.54. The van der Waals surface area contributed by atoms with Gasteiger partial charge in [-0.3, -0.25) is 10.1 Å². The Bertz CT molecular complexity index is 434. The summed E-state index contributed by atoms with van der Waals surface area (Å²) < 4.78 is 24.0. The van der Waals surface area contributed by atoms with Gasteiger partial charge >= 0.3 is 5.69 Å². The summed E-state index contributed by atoms with van der Waals surface area (Å²) in [5.74, 6) is -0.890. The van der Waals surface area contributed by atoms with Crippen molar-refractivity contribution in [1.82, 2.24) is 0 Å². The molecule has 1 heterocycles. The van der Waals surface area contributed by atoms with Crippen LogP contribution in [-0.4, -0.2) is 18.1 Å². The minimum Gasteiger partial charge on any atom is -0.346 e. The van der Waals surface area contributed by atoms with E-state index < -0.39 is 22.7 Å². The molecule has 1 fully saturated rings. The van der Waals surface area contributed by atoms with Crippen LogP contribution < -0.4 is 0 Å². The maximum atomic E-state index is 13.2. The third kappa shape index (κ3) is 2.06. The van der Waals surface area contributed by atoms with Gasteiger partial charge in [0, 0.05) is 16.1 Å². The molecular weight excluding hydrogens is 285 g/mol. The van der Waals surface area contributed by atoms with Crippen LogP contribution in [0.4, 0.5) is 10.1 Å². The quantitative estimate of drug-likeness (QED) is 0.620. The van der Waals surface area contributed by atoms with E-state index in [4.69, 9.17) is 9.47 Å². The molecule has 0 N–H and O–H groups in total. The highest BCUT2D eigenvalue weighted by molar-refractivity contribution is 9.10. The molecule has 2 rings (SSSR count). The molecule has 0 radical (unpaired) electrons. The number of hydrogen-bond donors (Lipinski definition) is 0. The van der Waals surface area contributed by atoms with E-state index in [9.17, 15) is 14.5 Å². The van der Waals surface area contributed by atoms with Crippen LogP contribution in [0.15, 0.2) is 16.6 Å². The molecule has 1 aromatic carbocycles. The van der Waals surface area contributed by atoms with E-state index >= 15 is 0 Å². The van der Waals surface area contributed by atoms with Crippen molar-refractivity contribution >= 4 is 21.6 Å². The second-order valence-corrected chi connectivity index (χ2v) is 4.01. The summed E-state index contributed by atoms with van der Waals surface area (Å²) >= 11 is 3.12. The Morgan fingerprint density at radius 1 is 1.44 bits per heavy atom. The maximum absolute atomic E-state index is 13.2. The van der Waals surface area contributed by atoms with Crippen LogP contribution in [0, 0.1) is 15.9 Å². The van der Waals surface area contributed by atoms with E-state index in [-0.39, 0.29) is 0 Å². The Morgan fingerprint density at radius 2 is 2.06 bits per heavy atom. The minimum atomic E-state index is -0.890. The summed E-state index contributed by atoms with van der Waals surface area (Å²) in [6.45, 7) is 0.838. The summed E-state index contributed by atoms with van der Waals surface area (Å²) in [6.07, 6.45) is -0.673. The first-order chi connectivity index (χ1) is 7.59. The fraction of sp³-hybridized carbons (Fsp3) is 0.333. The van der Waals surface area contributed by atoms with Gasteiger partial charge in [0.25, 0.3) is 0 Å². The Morgan fingerprint density at radius 3 is 2.62 bits per heavy atom. The monoisotopic (exact) mass is 291 g/mol. The highest BCUT2D eigenvalue weighted by Crippen LogP contribution is 2.34. The van der Waals surface area contributed by atoms with E-state index in [1.807, 2.05) is 0 Å². The molecule has 0 atom stereocenters. The average molecular weight is 292 g/mol. The van der Waals surface area contributed by atoms with E-state index in [0.29, 0.717) is 23.2 Å². The van der Waals surface area contributed by atoms with Gasteiger partial charge in [0.1, 0.15) is 0 Å². The number of ether oxygens (including phenoxy) is 2. The Kier molecular flexibility index (Phi) is 3.17. The molecule has 0 unspecified atom stereocenters. The fourth-order valence-corrected chi connectivity index (χ4v) is 1.91. The molecule has 0 amide bonds. The highest BCUT2D eigenvalue weighted by Gasteiger charge is 2.25. The number of halogens is 2. The van der Waals surface area contributed by atoms with Gasteiger partial charge in [-0.1, -0.05) is 15.9 Å². The van der Waals surface area contributed by atoms with Gasteiger partial charge in [0.05, 0.1) is 18.1 Å². The third-order valence-corrected chi connectivity index (χ3v) is 2.83. The lowest BCUT2D eigenvalue weighted by molar-refractivity contribution is -0.387. The molecule has 0 spiro atoms. The molecule has 16 heavy (non-hydrogen) atoms. The Labute approximate surface area is 98.4 Å². The van der Waals surface area contributed by atoms with Crippen LogP contribution in [-0.2, 0) is 9.47 Å². The van der Waals surface area contributed by atoms with Gasteiger partial charge in [-0.15, -0.1) is 0 Å². The second kappa shape index (κ2) is 4.44. The molecule has 0 aliphatic carbocycles. The van der Waals surface area contributed by atoms with Crippen LogP contribution in [0.25, 0.3) is 0 Å².